The van der Waals surface area contributed by atoms with Crippen LogP contribution in [0.5, 0.6) is 0 Å². The summed E-state index contributed by atoms with van der Waals surface area (Å²) in [5.41, 5.74) is 7.11. The van der Waals surface area contributed by atoms with Crippen molar-refractivity contribution in [1.82, 2.24) is 29.9 Å². The number of rotatable bonds is 7. The second-order valence-corrected chi connectivity index (χ2v) is 12.9. The summed E-state index contributed by atoms with van der Waals surface area (Å²) in [4.78, 5) is 4.32. The van der Waals surface area contributed by atoms with Gasteiger partial charge in [-0.15, -0.1) is 10.2 Å². The number of fused-ring (bicyclic) bond motifs is 1. The molecule has 0 aliphatic carbocycles. The zero-order chi connectivity index (χ0) is 26.4. The lowest BCUT2D eigenvalue weighted by Gasteiger charge is -2.31. The predicted octanol–water partition coefficient (Wildman–Crippen LogP) is -1.75. The lowest BCUT2D eigenvalue weighted by Crippen LogP contribution is -3.15. The molecule has 1 saturated heterocycles. The van der Waals surface area contributed by atoms with Gasteiger partial charge in [0.1, 0.15) is 16.3 Å². The number of thiazole rings is 1. The molecule has 2 aromatic heterocycles. The van der Waals surface area contributed by atoms with E-state index in [0.29, 0.717) is 41.4 Å². The molecule has 0 unspecified atom stereocenters. The van der Waals surface area contributed by atoms with E-state index in [1.807, 2.05) is 6.07 Å². The number of quaternary nitrogens is 1. The fourth-order valence-electron chi connectivity index (χ4n) is 4.54. The number of nitrogens with one attached hydrogen (secondary N) is 2. The van der Waals surface area contributed by atoms with Crippen LogP contribution in [-0.4, -0.2) is 91.2 Å². The number of primary sulfonamides is 1. The molecule has 5 rings (SSSR count). The summed E-state index contributed by atoms with van der Waals surface area (Å²) in [5.74, 6) is -0.145. The van der Waals surface area contributed by atoms with Gasteiger partial charge in [-0.05, 0) is 22.9 Å². The molecule has 17 heteroatoms. The molecule has 37 heavy (non-hydrogen) atoms. The molecule has 0 amide bonds. The number of aromatic nitrogens is 5. The van der Waals surface area contributed by atoms with Gasteiger partial charge >= 0.3 is 0 Å². The average molecular weight is 567 g/mol. The maximum Gasteiger partial charge on any atom is 0.244 e. The molecule has 3 heterocycles. The molecule has 0 saturated carbocycles. The standard InChI is InChI=1S/C20H23N9O5S3/c21-20-23-17-13(2-1-3-14(17)35-20)12-4-5-15(18(36(22,31)32)16(12)19-24-26-27-25-19)37(33,34)29-8-6-28(7-9-29)10-11-30/h1-5,30H,6-11H2,(H2,21,23)(H2,22,31,32)(H,24,25,26,27)/p+1. The number of aliphatic hydroxyl groups excluding tert-OH is 1. The van der Waals surface area contributed by atoms with Gasteiger partial charge in [0, 0.05) is 5.56 Å². The number of nitrogens with two attached hydrogens (primary N) is 2. The zero-order valence-corrected chi connectivity index (χ0v) is 21.8. The molecular weight excluding hydrogens is 542 g/mol. The first kappa shape index (κ1) is 25.6. The van der Waals surface area contributed by atoms with Gasteiger partial charge in [0.25, 0.3) is 0 Å². The second kappa shape index (κ2) is 9.67. The van der Waals surface area contributed by atoms with Crippen molar-refractivity contribution < 1.29 is 26.8 Å². The van der Waals surface area contributed by atoms with Crippen LogP contribution in [-0.2, 0) is 20.0 Å². The van der Waals surface area contributed by atoms with Gasteiger partial charge < -0.3 is 15.7 Å². The number of nitrogens with zero attached hydrogens (tertiary/aromatic N) is 5. The molecule has 7 N–H and O–H groups in total. The minimum Gasteiger partial charge on any atom is -0.391 e. The van der Waals surface area contributed by atoms with Crippen molar-refractivity contribution >= 4 is 46.7 Å². The van der Waals surface area contributed by atoms with Gasteiger partial charge in [-0.2, -0.15) is 9.52 Å². The van der Waals surface area contributed by atoms with Crippen molar-refractivity contribution in [3.05, 3.63) is 30.3 Å². The summed E-state index contributed by atoms with van der Waals surface area (Å²) in [6.07, 6.45) is 0. The SMILES string of the molecule is Nc1nc2c(-c3ccc(S(=O)(=O)N4CC[NH+](CCO)CC4)c(S(N)(=O)=O)c3-c3nn[nH]n3)cccc2s1. The number of para-hydroxylation sites is 1. The quantitative estimate of drug-likeness (QED) is 0.170. The van der Waals surface area contributed by atoms with Crippen LogP contribution in [0.2, 0.25) is 0 Å². The monoisotopic (exact) mass is 566 g/mol. The highest BCUT2D eigenvalue weighted by Crippen LogP contribution is 2.42. The Hall–Kier alpha value is -3.06. The van der Waals surface area contributed by atoms with Gasteiger partial charge in [0.2, 0.25) is 25.9 Å². The van der Waals surface area contributed by atoms with Crippen molar-refractivity contribution in [3.63, 3.8) is 0 Å². The molecule has 196 valence electrons. The number of benzene rings is 2. The van der Waals surface area contributed by atoms with E-state index in [2.05, 4.69) is 25.6 Å². The maximum atomic E-state index is 13.8. The van der Waals surface area contributed by atoms with Gasteiger partial charge in [0.05, 0.1) is 48.6 Å². The van der Waals surface area contributed by atoms with Crippen LogP contribution < -0.4 is 15.8 Å². The van der Waals surface area contributed by atoms with Crippen molar-refractivity contribution in [2.24, 2.45) is 5.14 Å². The number of hydrogen-bond donors (Lipinski definition) is 5. The zero-order valence-electron chi connectivity index (χ0n) is 19.3. The molecule has 1 fully saturated rings. The smallest absolute Gasteiger partial charge is 0.244 e. The first-order valence-corrected chi connectivity index (χ1v) is 14.9. The summed E-state index contributed by atoms with van der Waals surface area (Å²) in [5, 5.41) is 28.9. The average Bonchev–Trinajstić information content (AvgIpc) is 3.52. The van der Waals surface area contributed by atoms with E-state index >= 15 is 0 Å². The topological polar surface area (TPSA) is 216 Å². The van der Waals surface area contributed by atoms with Crippen LogP contribution in [0, 0.1) is 0 Å². The molecular formula is C20H24N9O5S3+. The fourth-order valence-corrected chi connectivity index (χ4v) is 8.31. The number of tetrazole rings is 1. The van der Waals surface area contributed by atoms with Crippen LogP contribution in [0.3, 0.4) is 0 Å². The van der Waals surface area contributed by atoms with E-state index in [0.717, 1.165) is 9.60 Å². The van der Waals surface area contributed by atoms with Crippen molar-refractivity contribution in [3.8, 4) is 22.5 Å². The minimum atomic E-state index is -4.62. The highest BCUT2D eigenvalue weighted by atomic mass is 32.2. The van der Waals surface area contributed by atoms with Crippen LogP contribution >= 0.6 is 11.3 Å². The number of piperazine rings is 1. The first-order valence-electron chi connectivity index (χ1n) is 11.1. The number of nitrogen functional groups attached to an aromatic ring is 1. The van der Waals surface area contributed by atoms with E-state index < -0.39 is 29.8 Å². The largest absolute Gasteiger partial charge is 0.391 e. The molecule has 0 radical (unpaired) electrons. The minimum absolute atomic E-state index is 0.00936. The molecule has 0 spiro atoms. The van der Waals surface area contributed by atoms with E-state index in [1.54, 1.807) is 12.1 Å². The normalized spacial score (nSPS) is 15.9. The number of aromatic amines is 1. The van der Waals surface area contributed by atoms with Gasteiger partial charge in [-0.25, -0.2) is 27.0 Å². The third-order valence-electron chi connectivity index (χ3n) is 6.21. The third-order valence-corrected chi connectivity index (χ3v) is 10.1. The number of sulfonamides is 2. The summed E-state index contributed by atoms with van der Waals surface area (Å²) in [6, 6.07) is 8.01. The fraction of sp³-hybridized carbons (Fsp3) is 0.300. The van der Waals surface area contributed by atoms with Crippen molar-refractivity contribution in [2.75, 3.05) is 45.1 Å². The van der Waals surface area contributed by atoms with E-state index in [1.165, 1.54) is 27.8 Å². The Morgan fingerprint density at radius 1 is 1.11 bits per heavy atom. The Labute approximate surface area is 216 Å². The van der Waals surface area contributed by atoms with Crippen LogP contribution in [0.15, 0.2) is 40.1 Å². The van der Waals surface area contributed by atoms with Gasteiger partial charge in [-0.1, -0.05) is 29.5 Å². The van der Waals surface area contributed by atoms with Gasteiger partial charge in [-0.3, -0.25) is 0 Å². The summed E-state index contributed by atoms with van der Waals surface area (Å²) >= 11 is 1.26. The molecule has 4 aromatic rings. The molecule has 2 aromatic carbocycles. The number of anilines is 1. The first-order chi connectivity index (χ1) is 17.6. The Morgan fingerprint density at radius 3 is 2.51 bits per heavy atom. The molecule has 0 bridgehead atoms. The maximum absolute atomic E-state index is 13.8. The number of hydrogen-bond acceptors (Lipinski definition) is 11. The number of H-pyrrole nitrogens is 1. The van der Waals surface area contributed by atoms with Crippen molar-refractivity contribution in [2.45, 2.75) is 9.79 Å². The highest BCUT2D eigenvalue weighted by molar-refractivity contribution is 7.92. The number of aliphatic hydroxyl groups is 1. The van der Waals surface area contributed by atoms with E-state index in [-0.39, 0.29) is 31.1 Å². The molecule has 1 aliphatic heterocycles. The Bertz CT molecular complexity index is 1660. The van der Waals surface area contributed by atoms with Crippen LogP contribution in [0.25, 0.3) is 32.7 Å². The highest BCUT2D eigenvalue weighted by Gasteiger charge is 2.37. The van der Waals surface area contributed by atoms with E-state index in [9.17, 15) is 21.9 Å². The van der Waals surface area contributed by atoms with E-state index in [4.69, 9.17) is 10.9 Å². The predicted molar refractivity (Wildman–Crippen MR) is 135 cm³/mol. The lowest BCUT2D eigenvalue weighted by molar-refractivity contribution is -0.904. The summed E-state index contributed by atoms with van der Waals surface area (Å²) in [7, 11) is -8.90. The summed E-state index contributed by atoms with van der Waals surface area (Å²) in [6.45, 7) is 1.72. The van der Waals surface area contributed by atoms with Crippen molar-refractivity contribution in [1.29, 1.82) is 0 Å². The molecule has 1 aliphatic rings. The Morgan fingerprint density at radius 2 is 1.86 bits per heavy atom. The second-order valence-electron chi connectivity index (χ2n) is 8.43. The summed E-state index contributed by atoms with van der Waals surface area (Å²) < 4.78 is 55.6. The Balaban J connectivity index is 1.75. The molecule has 0 atom stereocenters. The lowest BCUT2D eigenvalue weighted by atomic mass is 9.98. The third kappa shape index (κ3) is 4.70. The Kier molecular flexibility index (Phi) is 6.69. The van der Waals surface area contributed by atoms with Crippen LogP contribution in [0.1, 0.15) is 0 Å². The van der Waals surface area contributed by atoms with Gasteiger partial charge in [0.15, 0.2) is 5.13 Å². The molecule has 14 nitrogen and oxygen atoms in total. The van der Waals surface area contributed by atoms with Crippen LogP contribution in [0.4, 0.5) is 5.13 Å².